The second-order valence-corrected chi connectivity index (χ2v) is 5.33. The molecule has 1 atom stereocenters. The van der Waals surface area contributed by atoms with Crippen LogP contribution in [0.25, 0.3) is 0 Å². The summed E-state index contributed by atoms with van der Waals surface area (Å²) >= 11 is 0. The summed E-state index contributed by atoms with van der Waals surface area (Å²) in [6.45, 7) is 9.98. The molecule has 0 bridgehead atoms. The average molecular weight is 228 g/mol. The molecule has 1 unspecified atom stereocenters. The number of piperidine rings is 1. The number of likely N-dealkylation sites (tertiary alicyclic amines) is 1. The van der Waals surface area contributed by atoms with E-state index in [0.717, 1.165) is 65.3 Å². The van der Waals surface area contributed by atoms with Gasteiger partial charge in [0.2, 0.25) is 0 Å². The van der Waals surface area contributed by atoms with Crippen LogP contribution < -0.4 is 0 Å². The Balaban J connectivity index is 1.68. The monoisotopic (exact) mass is 228 g/mol. The van der Waals surface area contributed by atoms with Crippen LogP contribution in [0.5, 0.6) is 0 Å². The standard InChI is InChI=1S/C12H24N2O2/c1-12(15)3-2-4-14(11-12)6-5-13-7-9-16-10-8-13/h15H,2-11H2,1H3. The van der Waals surface area contributed by atoms with Crippen LogP contribution in [-0.4, -0.2) is 73.0 Å². The van der Waals surface area contributed by atoms with E-state index < -0.39 is 5.60 Å². The van der Waals surface area contributed by atoms with E-state index in [1.165, 1.54) is 0 Å². The maximum absolute atomic E-state index is 10.0. The molecular weight excluding hydrogens is 204 g/mol. The van der Waals surface area contributed by atoms with Crippen LogP contribution in [0.1, 0.15) is 19.8 Å². The molecule has 0 aromatic rings. The van der Waals surface area contributed by atoms with E-state index in [-0.39, 0.29) is 0 Å². The highest BCUT2D eigenvalue weighted by molar-refractivity contribution is 4.83. The number of β-amino-alcohol motifs (C(OH)–C–C–N with tert-alkyl or cyclic N) is 1. The SMILES string of the molecule is CC1(O)CCCN(CCN2CCOCC2)C1. The summed E-state index contributed by atoms with van der Waals surface area (Å²) in [4.78, 5) is 4.84. The van der Waals surface area contributed by atoms with Gasteiger partial charge in [0.1, 0.15) is 0 Å². The summed E-state index contributed by atoms with van der Waals surface area (Å²) in [6.07, 6.45) is 2.07. The predicted molar refractivity (Wildman–Crippen MR) is 63.6 cm³/mol. The highest BCUT2D eigenvalue weighted by Crippen LogP contribution is 2.19. The van der Waals surface area contributed by atoms with Crippen molar-refractivity contribution in [2.75, 3.05) is 52.5 Å². The lowest BCUT2D eigenvalue weighted by molar-refractivity contribution is -0.0222. The minimum absolute atomic E-state index is 0.469. The molecule has 2 fully saturated rings. The van der Waals surface area contributed by atoms with Crippen LogP contribution in [-0.2, 0) is 4.74 Å². The van der Waals surface area contributed by atoms with E-state index in [9.17, 15) is 5.11 Å². The van der Waals surface area contributed by atoms with Gasteiger partial charge in [0, 0.05) is 32.7 Å². The normalized spacial score (nSPS) is 34.1. The van der Waals surface area contributed by atoms with Crippen molar-refractivity contribution in [3.8, 4) is 0 Å². The van der Waals surface area contributed by atoms with Crippen molar-refractivity contribution in [3.63, 3.8) is 0 Å². The first-order valence-corrected chi connectivity index (χ1v) is 6.41. The molecule has 0 saturated carbocycles. The molecular formula is C12H24N2O2. The second-order valence-electron chi connectivity index (χ2n) is 5.33. The van der Waals surface area contributed by atoms with Crippen LogP contribution in [0, 0.1) is 0 Å². The summed E-state index contributed by atoms with van der Waals surface area (Å²) in [7, 11) is 0. The molecule has 0 radical (unpaired) electrons. The number of hydrogen-bond acceptors (Lipinski definition) is 4. The minimum Gasteiger partial charge on any atom is -0.389 e. The van der Waals surface area contributed by atoms with Crippen molar-refractivity contribution in [2.24, 2.45) is 0 Å². The zero-order valence-electron chi connectivity index (χ0n) is 10.3. The molecule has 0 amide bonds. The maximum atomic E-state index is 10.0. The summed E-state index contributed by atoms with van der Waals surface area (Å²) in [5, 5.41) is 10.0. The highest BCUT2D eigenvalue weighted by atomic mass is 16.5. The van der Waals surface area contributed by atoms with Crippen LogP contribution in [0.15, 0.2) is 0 Å². The quantitative estimate of drug-likeness (QED) is 0.747. The molecule has 94 valence electrons. The van der Waals surface area contributed by atoms with Gasteiger partial charge in [-0.2, -0.15) is 0 Å². The summed E-state index contributed by atoms with van der Waals surface area (Å²) in [6, 6.07) is 0. The summed E-state index contributed by atoms with van der Waals surface area (Å²) in [5.41, 5.74) is -0.469. The lowest BCUT2D eigenvalue weighted by atomic mass is 9.95. The van der Waals surface area contributed by atoms with Gasteiger partial charge in [-0.25, -0.2) is 0 Å². The van der Waals surface area contributed by atoms with Gasteiger partial charge >= 0.3 is 0 Å². The summed E-state index contributed by atoms with van der Waals surface area (Å²) in [5.74, 6) is 0. The van der Waals surface area contributed by atoms with Gasteiger partial charge in [-0.1, -0.05) is 0 Å². The number of hydrogen-bond donors (Lipinski definition) is 1. The lowest BCUT2D eigenvalue weighted by Gasteiger charge is -2.38. The van der Waals surface area contributed by atoms with E-state index in [0.29, 0.717) is 0 Å². The number of nitrogens with zero attached hydrogens (tertiary/aromatic N) is 2. The van der Waals surface area contributed by atoms with Crippen molar-refractivity contribution in [1.82, 2.24) is 9.80 Å². The fourth-order valence-corrected chi connectivity index (χ4v) is 2.62. The predicted octanol–water partition coefficient (Wildman–Crippen LogP) is 0.165. The number of rotatable bonds is 3. The molecule has 0 aromatic carbocycles. The van der Waals surface area contributed by atoms with Gasteiger partial charge in [-0.05, 0) is 26.3 Å². The van der Waals surface area contributed by atoms with E-state index >= 15 is 0 Å². The van der Waals surface area contributed by atoms with Gasteiger partial charge < -0.3 is 9.84 Å². The zero-order chi connectivity index (χ0) is 11.4. The Morgan fingerprint density at radius 2 is 1.81 bits per heavy atom. The topological polar surface area (TPSA) is 35.9 Å². The van der Waals surface area contributed by atoms with Crippen molar-refractivity contribution in [2.45, 2.75) is 25.4 Å². The van der Waals surface area contributed by atoms with E-state index in [1.807, 2.05) is 6.92 Å². The first-order chi connectivity index (χ1) is 7.66. The smallest absolute Gasteiger partial charge is 0.0746 e. The van der Waals surface area contributed by atoms with Gasteiger partial charge in [0.25, 0.3) is 0 Å². The first-order valence-electron chi connectivity index (χ1n) is 6.41. The van der Waals surface area contributed by atoms with Crippen molar-refractivity contribution in [3.05, 3.63) is 0 Å². The van der Waals surface area contributed by atoms with Crippen molar-refractivity contribution >= 4 is 0 Å². The second kappa shape index (κ2) is 5.45. The van der Waals surface area contributed by atoms with Crippen LogP contribution in [0.3, 0.4) is 0 Å². The molecule has 4 nitrogen and oxygen atoms in total. The maximum Gasteiger partial charge on any atom is 0.0746 e. The molecule has 2 rings (SSSR count). The van der Waals surface area contributed by atoms with Gasteiger partial charge in [-0.3, -0.25) is 9.80 Å². The third kappa shape index (κ3) is 3.70. The number of morpholine rings is 1. The molecule has 4 heteroatoms. The molecule has 2 saturated heterocycles. The molecule has 16 heavy (non-hydrogen) atoms. The van der Waals surface area contributed by atoms with Crippen LogP contribution in [0.4, 0.5) is 0 Å². The average Bonchev–Trinajstić information content (AvgIpc) is 2.27. The Morgan fingerprint density at radius 3 is 2.50 bits per heavy atom. The largest absolute Gasteiger partial charge is 0.389 e. The fourth-order valence-electron chi connectivity index (χ4n) is 2.62. The third-order valence-corrected chi connectivity index (χ3v) is 3.59. The van der Waals surface area contributed by atoms with Crippen molar-refractivity contribution < 1.29 is 9.84 Å². The molecule has 2 heterocycles. The summed E-state index contributed by atoms with van der Waals surface area (Å²) < 4.78 is 5.33. The van der Waals surface area contributed by atoms with Crippen molar-refractivity contribution in [1.29, 1.82) is 0 Å². The minimum atomic E-state index is -0.469. The van der Waals surface area contributed by atoms with E-state index in [4.69, 9.17) is 4.74 Å². The van der Waals surface area contributed by atoms with Gasteiger partial charge in [0.15, 0.2) is 0 Å². The molecule has 2 aliphatic rings. The van der Waals surface area contributed by atoms with Gasteiger partial charge in [0.05, 0.1) is 18.8 Å². The first kappa shape index (κ1) is 12.3. The highest BCUT2D eigenvalue weighted by Gasteiger charge is 2.28. The van der Waals surface area contributed by atoms with Crippen LogP contribution >= 0.6 is 0 Å². The molecule has 0 aromatic heterocycles. The Hall–Kier alpha value is -0.160. The third-order valence-electron chi connectivity index (χ3n) is 3.59. The Kier molecular flexibility index (Phi) is 4.19. The van der Waals surface area contributed by atoms with E-state index in [1.54, 1.807) is 0 Å². The Morgan fingerprint density at radius 1 is 1.12 bits per heavy atom. The lowest BCUT2D eigenvalue weighted by Crippen LogP contribution is -2.49. The van der Waals surface area contributed by atoms with Crippen LogP contribution in [0.2, 0.25) is 0 Å². The molecule has 2 aliphatic heterocycles. The molecule has 0 aliphatic carbocycles. The Labute approximate surface area is 98.2 Å². The fraction of sp³-hybridized carbons (Fsp3) is 1.00. The Bertz CT molecular complexity index is 215. The number of ether oxygens (including phenoxy) is 1. The molecule has 1 N–H and O–H groups in total. The number of aliphatic hydroxyl groups is 1. The van der Waals surface area contributed by atoms with E-state index in [2.05, 4.69) is 9.80 Å². The molecule has 0 spiro atoms. The van der Waals surface area contributed by atoms with Gasteiger partial charge in [-0.15, -0.1) is 0 Å². The zero-order valence-corrected chi connectivity index (χ0v) is 10.3.